The number of carbonyl (C=O) groups excluding carboxylic acids is 1. The number of pyridine rings is 1. The highest BCUT2D eigenvalue weighted by Crippen LogP contribution is 2.41. The first-order chi connectivity index (χ1) is 12.3. The highest BCUT2D eigenvalue weighted by Gasteiger charge is 2.48. The van der Waals surface area contributed by atoms with Crippen LogP contribution in [0.4, 0.5) is 0 Å². The van der Waals surface area contributed by atoms with Crippen molar-refractivity contribution in [3.63, 3.8) is 0 Å². The summed E-state index contributed by atoms with van der Waals surface area (Å²) in [5.74, 6) is 1.11. The maximum atomic E-state index is 12.7. The molecule has 0 aromatic carbocycles. The lowest BCUT2D eigenvalue weighted by Gasteiger charge is -2.43. The first-order valence-electron chi connectivity index (χ1n) is 8.86. The Morgan fingerprint density at radius 3 is 3.20 bits per heavy atom. The largest absolute Gasteiger partial charge is 0.492 e. The number of rotatable bonds is 4. The van der Waals surface area contributed by atoms with E-state index in [0.717, 1.165) is 25.0 Å². The molecule has 4 rings (SSSR count). The van der Waals surface area contributed by atoms with Crippen LogP contribution < -0.4 is 4.74 Å². The molecule has 2 aliphatic rings. The number of morpholine rings is 1. The standard InChI is InChI=1S/C19H23N3O3/c23-18(17-6-3-9-21-17)22-10-11-25-19(14-22)7-1-4-15(19)13-24-16-5-2-8-20-12-16/h2-3,5-6,8-9,12,15,21H,1,4,7,10-11,13-14H2/t15-,19+/m0/s1. The van der Waals surface area contributed by atoms with E-state index in [0.29, 0.717) is 32.0 Å². The summed E-state index contributed by atoms with van der Waals surface area (Å²) in [4.78, 5) is 21.7. The number of hydrogen-bond donors (Lipinski definition) is 1. The summed E-state index contributed by atoms with van der Waals surface area (Å²) in [7, 11) is 0. The van der Waals surface area contributed by atoms with Crippen LogP contribution in [-0.2, 0) is 4.74 Å². The van der Waals surface area contributed by atoms with Gasteiger partial charge in [-0.15, -0.1) is 0 Å². The molecule has 6 nitrogen and oxygen atoms in total. The Morgan fingerprint density at radius 2 is 2.40 bits per heavy atom. The number of aromatic amines is 1. The molecule has 1 saturated heterocycles. The molecular weight excluding hydrogens is 318 g/mol. The summed E-state index contributed by atoms with van der Waals surface area (Å²) < 4.78 is 12.2. The minimum atomic E-state index is -0.289. The lowest BCUT2D eigenvalue weighted by Crippen LogP contribution is -2.56. The summed E-state index contributed by atoms with van der Waals surface area (Å²) in [6, 6.07) is 7.46. The molecule has 25 heavy (non-hydrogen) atoms. The van der Waals surface area contributed by atoms with E-state index in [9.17, 15) is 4.79 Å². The number of ether oxygens (including phenoxy) is 2. The number of carbonyl (C=O) groups is 1. The van der Waals surface area contributed by atoms with Gasteiger partial charge in [-0.25, -0.2) is 0 Å². The van der Waals surface area contributed by atoms with Crippen molar-refractivity contribution in [2.75, 3.05) is 26.3 Å². The van der Waals surface area contributed by atoms with Crippen molar-refractivity contribution in [1.82, 2.24) is 14.9 Å². The van der Waals surface area contributed by atoms with Crippen LogP contribution in [-0.4, -0.2) is 52.7 Å². The van der Waals surface area contributed by atoms with Crippen molar-refractivity contribution < 1.29 is 14.3 Å². The highest BCUT2D eigenvalue weighted by molar-refractivity contribution is 5.92. The Morgan fingerprint density at radius 1 is 1.44 bits per heavy atom. The fourth-order valence-corrected chi connectivity index (χ4v) is 3.99. The van der Waals surface area contributed by atoms with Gasteiger partial charge in [0.25, 0.3) is 5.91 Å². The fraction of sp³-hybridized carbons (Fsp3) is 0.474. The van der Waals surface area contributed by atoms with E-state index < -0.39 is 0 Å². The van der Waals surface area contributed by atoms with Crippen molar-refractivity contribution in [3.8, 4) is 5.75 Å². The Kier molecular flexibility index (Phi) is 4.44. The molecule has 2 aromatic rings. The topological polar surface area (TPSA) is 67.5 Å². The normalized spacial score (nSPS) is 26.1. The molecule has 132 valence electrons. The Labute approximate surface area is 147 Å². The maximum Gasteiger partial charge on any atom is 0.270 e. The third-order valence-corrected chi connectivity index (χ3v) is 5.31. The Hall–Kier alpha value is -2.34. The lowest BCUT2D eigenvalue weighted by molar-refractivity contribution is -0.126. The first-order valence-corrected chi connectivity index (χ1v) is 8.86. The SMILES string of the molecule is O=C(c1ccc[nH]1)N1CCO[C@]2(CCC[C@H]2COc2cccnc2)C1. The second-order valence-corrected chi connectivity index (χ2v) is 6.81. The predicted molar refractivity (Wildman–Crippen MR) is 92.5 cm³/mol. The minimum absolute atomic E-state index is 0.0477. The van der Waals surface area contributed by atoms with Gasteiger partial charge >= 0.3 is 0 Å². The molecule has 6 heteroatoms. The van der Waals surface area contributed by atoms with Crippen LogP contribution in [0.2, 0.25) is 0 Å². The van der Waals surface area contributed by atoms with Gasteiger partial charge in [-0.2, -0.15) is 0 Å². The first kappa shape index (κ1) is 16.1. The van der Waals surface area contributed by atoms with Gasteiger partial charge in [-0.1, -0.05) is 0 Å². The summed E-state index contributed by atoms with van der Waals surface area (Å²) in [6.07, 6.45) is 8.38. The Balaban J connectivity index is 1.44. The number of H-pyrrole nitrogens is 1. The predicted octanol–water partition coefficient (Wildman–Crippen LogP) is 2.50. The van der Waals surface area contributed by atoms with Gasteiger partial charge in [0.2, 0.25) is 0 Å². The van der Waals surface area contributed by atoms with Crippen LogP contribution in [0.15, 0.2) is 42.9 Å². The van der Waals surface area contributed by atoms with Gasteiger partial charge in [0.05, 0.1) is 31.6 Å². The third kappa shape index (κ3) is 3.26. The molecular formula is C19H23N3O3. The van der Waals surface area contributed by atoms with Gasteiger partial charge in [-0.3, -0.25) is 9.78 Å². The summed E-state index contributed by atoms with van der Waals surface area (Å²) in [6.45, 7) is 2.44. The van der Waals surface area contributed by atoms with Gasteiger partial charge in [0.15, 0.2) is 0 Å². The average Bonchev–Trinajstić information content (AvgIpc) is 3.31. The molecule has 0 radical (unpaired) electrons. The van der Waals surface area contributed by atoms with Crippen LogP contribution in [0.3, 0.4) is 0 Å². The van der Waals surface area contributed by atoms with Crippen LogP contribution >= 0.6 is 0 Å². The van der Waals surface area contributed by atoms with Gasteiger partial charge in [0, 0.05) is 24.9 Å². The monoisotopic (exact) mass is 341 g/mol. The van der Waals surface area contributed by atoms with Crippen molar-refractivity contribution in [1.29, 1.82) is 0 Å². The zero-order valence-corrected chi connectivity index (χ0v) is 14.2. The van der Waals surface area contributed by atoms with Crippen LogP contribution in [0.25, 0.3) is 0 Å². The summed E-state index contributed by atoms with van der Waals surface area (Å²) in [5.41, 5.74) is 0.348. The molecule has 3 heterocycles. The highest BCUT2D eigenvalue weighted by atomic mass is 16.5. The molecule has 2 atom stereocenters. The van der Waals surface area contributed by atoms with E-state index >= 15 is 0 Å². The van der Waals surface area contributed by atoms with Gasteiger partial charge in [0.1, 0.15) is 11.4 Å². The molecule has 0 unspecified atom stereocenters. The minimum Gasteiger partial charge on any atom is -0.492 e. The number of nitrogens with zero attached hydrogens (tertiary/aromatic N) is 2. The van der Waals surface area contributed by atoms with E-state index in [-0.39, 0.29) is 17.4 Å². The zero-order chi connectivity index (χ0) is 17.1. The molecule has 1 saturated carbocycles. The zero-order valence-electron chi connectivity index (χ0n) is 14.2. The van der Waals surface area contributed by atoms with Crippen molar-refractivity contribution in [3.05, 3.63) is 48.5 Å². The summed E-state index contributed by atoms with van der Waals surface area (Å²) >= 11 is 0. The van der Waals surface area contributed by atoms with Crippen LogP contribution in [0.1, 0.15) is 29.8 Å². The quantitative estimate of drug-likeness (QED) is 0.928. The third-order valence-electron chi connectivity index (χ3n) is 5.31. The molecule has 1 N–H and O–H groups in total. The molecule has 2 fully saturated rings. The number of hydrogen-bond acceptors (Lipinski definition) is 4. The molecule has 1 spiro atoms. The molecule has 0 bridgehead atoms. The molecule has 1 aliphatic heterocycles. The van der Waals surface area contributed by atoms with Crippen molar-refractivity contribution in [2.45, 2.75) is 24.9 Å². The van der Waals surface area contributed by atoms with Crippen LogP contribution in [0, 0.1) is 5.92 Å². The van der Waals surface area contributed by atoms with Gasteiger partial charge in [-0.05, 0) is 43.5 Å². The summed E-state index contributed by atoms with van der Waals surface area (Å²) in [5, 5.41) is 0. The van der Waals surface area contributed by atoms with E-state index in [2.05, 4.69) is 9.97 Å². The second kappa shape index (κ2) is 6.88. The van der Waals surface area contributed by atoms with Crippen molar-refractivity contribution in [2.24, 2.45) is 5.92 Å². The van der Waals surface area contributed by atoms with E-state index in [4.69, 9.17) is 9.47 Å². The molecule has 1 amide bonds. The average molecular weight is 341 g/mol. The van der Waals surface area contributed by atoms with E-state index in [1.807, 2.05) is 29.2 Å². The maximum absolute atomic E-state index is 12.7. The smallest absolute Gasteiger partial charge is 0.270 e. The van der Waals surface area contributed by atoms with Crippen LogP contribution in [0.5, 0.6) is 5.75 Å². The molecule has 1 aliphatic carbocycles. The molecule has 2 aromatic heterocycles. The fourth-order valence-electron chi connectivity index (χ4n) is 3.99. The Bertz CT molecular complexity index is 704. The van der Waals surface area contributed by atoms with E-state index in [1.54, 1.807) is 18.6 Å². The number of nitrogens with one attached hydrogen (secondary N) is 1. The van der Waals surface area contributed by atoms with Gasteiger partial charge < -0.3 is 19.4 Å². The number of aromatic nitrogens is 2. The van der Waals surface area contributed by atoms with E-state index in [1.165, 1.54) is 0 Å². The lowest BCUT2D eigenvalue weighted by atomic mass is 9.89. The number of amides is 1. The van der Waals surface area contributed by atoms with Crippen molar-refractivity contribution >= 4 is 5.91 Å². The second-order valence-electron chi connectivity index (χ2n) is 6.81.